The Morgan fingerprint density at radius 1 is 1.32 bits per heavy atom. The van der Waals surface area contributed by atoms with E-state index < -0.39 is 0 Å². The molecular weight excluding hydrogens is 240 g/mol. The average Bonchev–Trinajstić information content (AvgIpc) is 2.89. The molecule has 2 aromatic rings. The number of hydrogen-bond acceptors (Lipinski definition) is 3. The van der Waals surface area contributed by atoms with Crippen LogP contribution in [-0.4, -0.2) is 21.5 Å². The molecule has 0 bridgehead atoms. The van der Waals surface area contributed by atoms with Crippen LogP contribution in [0.2, 0.25) is 0 Å². The molecule has 1 aromatic carbocycles. The molecule has 102 valence electrons. The summed E-state index contributed by atoms with van der Waals surface area (Å²) in [7, 11) is 0. The third-order valence-electron chi connectivity index (χ3n) is 2.99. The fourth-order valence-electron chi connectivity index (χ4n) is 2.11. The Hall–Kier alpha value is -1.81. The second-order valence-electron chi connectivity index (χ2n) is 4.67. The van der Waals surface area contributed by atoms with Gasteiger partial charge in [0, 0.05) is 23.4 Å². The third kappa shape index (κ3) is 2.79. The topological polar surface area (TPSA) is 47.3 Å². The lowest BCUT2D eigenvalue weighted by atomic mass is 10.1. The van der Waals surface area contributed by atoms with Crippen LogP contribution in [0.15, 0.2) is 30.5 Å². The molecule has 0 spiro atoms. The highest BCUT2D eigenvalue weighted by molar-refractivity contribution is 5.62. The van der Waals surface area contributed by atoms with Crippen LogP contribution < -0.4 is 4.74 Å². The second kappa shape index (κ2) is 5.89. The van der Waals surface area contributed by atoms with Crippen LogP contribution in [0.3, 0.4) is 0 Å². The molecule has 0 saturated heterocycles. The molecule has 0 aliphatic heterocycles. The molecule has 2 rings (SSSR count). The minimum atomic E-state index is -0.0288. The smallest absolute Gasteiger partial charge is 0.124 e. The van der Waals surface area contributed by atoms with E-state index in [2.05, 4.69) is 18.9 Å². The monoisotopic (exact) mass is 260 g/mol. The van der Waals surface area contributed by atoms with Gasteiger partial charge in [0.2, 0.25) is 0 Å². The summed E-state index contributed by atoms with van der Waals surface area (Å²) in [6, 6.07) is 8.15. The summed E-state index contributed by atoms with van der Waals surface area (Å²) in [4.78, 5) is 0. The number of aliphatic hydroxyl groups is 1. The van der Waals surface area contributed by atoms with Crippen LogP contribution >= 0.6 is 0 Å². The van der Waals surface area contributed by atoms with E-state index in [-0.39, 0.29) is 6.61 Å². The van der Waals surface area contributed by atoms with Gasteiger partial charge in [0.25, 0.3) is 0 Å². The Morgan fingerprint density at radius 3 is 2.74 bits per heavy atom. The quantitative estimate of drug-likeness (QED) is 0.899. The number of aliphatic hydroxyl groups excluding tert-OH is 1. The first-order valence-corrected chi connectivity index (χ1v) is 6.57. The van der Waals surface area contributed by atoms with Crippen LogP contribution in [0.4, 0.5) is 0 Å². The van der Waals surface area contributed by atoms with Gasteiger partial charge in [-0.3, -0.25) is 4.68 Å². The Kier molecular flexibility index (Phi) is 4.22. The highest BCUT2D eigenvalue weighted by atomic mass is 16.5. The van der Waals surface area contributed by atoms with E-state index in [0.29, 0.717) is 12.6 Å². The van der Waals surface area contributed by atoms with Crippen molar-refractivity contribution in [1.29, 1.82) is 0 Å². The molecule has 1 heterocycles. The van der Waals surface area contributed by atoms with E-state index in [1.54, 1.807) is 6.20 Å². The minimum Gasteiger partial charge on any atom is -0.494 e. The van der Waals surface area contributed by atoms with E-state index in [4.69, 9.17) is 4.74 Å². The zero-order valence-electron chi connectivity index (χ0n) is 11.6. The Morgan fingerprint density at radius 2 is 2.11 bits per heavy atom. The van der Waals surface area contributed by atoms with Crippen molar-refractivity contribution in [3.8, 4) is 17.0 Å². The molecule has 4 nitrogen and oxygen atoms in total. The zero-order valence-corrected chi connectivity index (χ0v) is 11.6. The van der Waals surface area contributed by atoms with Crippen molar-refractivity contribution in [2.45, 2.75) is 33.4 Å². The first-order valence-electron chi connectivity index (χ1n) is 6.57. The summed E-state index contributed by atoms with van der Waals surface area (Å²) in [5.41, 5.74) is 2.89. The van der Waals surface area contributed by atoms with Gasteiger partial charge in [-0.1, -0.05) is 0 Å². The summed E-state index contributed by atoms with van der Waals surface area (Å²) in [6.07, 6.45) is 1.80. The minimum absolute atomic E-state index is 0.0288. The van der Waals surface area contributed by atoms with Gasteiger partial charge >= 0.3 is 0 Å². The lowest BCUT2D eigenvalue weighted by molar-refractivity contribution is 0.267. The van der Waals surface area contributed by atoms with Gasteiger partial charge in [0.15, 0.2) is 0 Å². The maximum absolute atomic E-state index is 9.44. The molecule has 0 atom stereocenters. The van der Waals surface area contributed by atoms with Crippen molar-refractivity contribution in [2.75, 3.05) is 6.61 Å². The van der Waals surface area contributed by atoms with Crippen LogP contribution in [0, 0.1) is 0 Å². The van der Waals surface area contributed by atoms with Crippen molar-refractivity contribution in [3.63, 3.8) is 0 Å². The van der Waals surface area contributed by atoms with Crippen molar-refractivity contribution in [1.82, 2.24) is 9.78 Å². The van der Waals surface area contributed by atoms with E-state index in [1.165, 1.54) is 0 Å². The molecule has 0 amide bonds. The lowest BCUT2D eigenvalue weighted by Crippen LogP contribution is -2.05. The van der Waals surface area contributed by atoms with Gasteiger partial charge in [-0.2, -0.15) is 5.10 Å². The molecule has 19 heavy (non-hydrogen) atoms. The van der Waals surface area contributed by atoms with Crippen molar-refractivity contribution in [2.24, 2.45) is 0 Å². The summed E-state index contributed by atoms with van der Waals surface area (Å²) in [5.74, 6) is 0.740. The molecule has 0 aliphatic carbocycles. The Balaban J connectivity index is 2.43. The lowest BCUT2D eigenvalue weighted by Gasteiger charge is -2.13. The number of ether oxygens (including phenoxy) is 1. The first-order chi connectivity index (χ1) is 9.17. The summed E-state index contributed by atoms with van der Waals surface area (Å²) >= 11 is 0. The highest BCUT2D eigenvalue weighted by Crippen LogP contribution is 2.28. The largest absolute Gasteiger partial charge is 0.494 e. The van der Waals surface area contributed by atoms with Crippen LogP contribution in [0.5, 0.6) is 5.75 Å². The van der Waals surface area contributed by atoms with Crippen LogP contribution in [0.25, 0.3) is 11.3 Å². The summed E-state index contributed by atoms with van der Waals surface area (Å²) < 4.78 is 7.46. The van der Waals surface area contributed by atoms with Crippen molar-refractivity contribution in [3.05, 3.63) is 36.0 Å². The summed E-state index contributed by atoms with van der Waals surface area (Å²) in [6.45, 7) is 6.69. The predicted octanol–water partition coefficient (Wildman–Crippen LogP) is 3.02. The average molecular weight is 260 g/mol. The van der Waals surface area contributed by atoms with Crippen molar-refractivity contribution >= 4 is 0 Å². The van der Waals surface area contributed by atoms with Crippen LogP contribution in [-0.2, 0) is 6.61 Å². The van der Waals surface area contributed by atoms with Gasteiger partial charge in [-0.05, 0) is 45.0 Å². The molecule has 1 N–H and O–H groups in total. The second-order valence-corrected chi connectivity index (χ2v) is 4.67. The fourth-order valence-corrected chi connectivity index (χ4v) is 2.11. The maximum atomic E-state index is 9.44. The maximum Gasteiger partial charge on any atom is 0.124 e. The normalized spacial score (nSPS) is 11.0. The molecule has 0 radical (unpaired) electrons. The first kappa shape index (κ1) is 13.6. The van der Waals surface area contributed by atoms with Gasteiger partial charge in [-0.15, -0.1) is 0 Å². The van der Waals surface area contributed by atoms with Crippen molar-refractivity contribution < 1.29 is 9.84 Å². The third-order valence-corrected chi connectivity index (χ3v) is 2.99. The summed E-state index contributed by atoms with van der Waals surface area (Å²) in [5, 5.41) is 13.8. The van der Waals surface area contributed by atoms with Gasteiger partial charge < -0.3 is 9.84 Å². The SMILES string of the molecule is CCOc1ccc(-c2ccnn2C(C)C)cc1CO. The molecular formula is C15H20N2O2. The number of nitrogens with zero attached hydrogens (tertiary/aromatic N) is 2. The number of aromatic nitrogens is 2. The highest BCUT2D eigenvalue weighted by Gasteiger charge is 2.11. The molecule has 0 fully saturated rings. The molecule has 1 aromatic heterocycles. The number of rotatable bonds is 5. The van der Waals surface area contributed by atoms with Gasteiger partial charge in [0.05, 0.1) is 18.9 Å². The molecule has 4 heteroatoms. The Labute approximate surface area is 113 Å². The predicted molar refractivity (Wildman–Crippen MR) is 75.1 cm³/mol. The van der Waals surface area contributed by atoms with E-state index in [1.807, 2.05) is 35.9 Å². The number of benzene rings is 1. The Bertz CT molecular complexity index is 547. The van der Waals surface area contributed by atoms with E-state index in [0.717, 1.165) is 22.6 Å². The molecule has 0 unspecified atom stereocenters. The van der Waals surface area contributed by atoms with Crippen LogP contribution in [0.1, 0.15) is 32.4 Å². The molecule has 0 saturated carbocycles. The van der Waals surface area contributed by atoms with E-state index >= 15 is 0 Å². The van der Waals surface area contributed by atoms with Gasteiger partial charge in [-0.25, -0.2) is 0 Å². The van der Waals surface area contributed by atoms with E-state index in [9.17, 15) is 5.11 Å². The molecule has 0 aliphatic rings. The number of hydrogen-bond donors (Lipinski definition) is 1. The standard InChI is InChI=1S/C15H20N2O2/c1-4-19-15-6-5-12(9-13(15)10-18)14-7-8-16-17(14)11(2)3/h5-9,11,18H,4,10H2,1-3H3. The fraction of sp³-hybridized carbons (Fsp3) is 0.400. The van der Waals surface area contributed by atoms with Gasteiger partial charge in [0.1, 0.15) is 5.75 Å². The zero-order chi connectivity index (χ0) is 13.8.